The number of para-hydroxylation sites is 2. The summed E-state index contributed by atoms with van der Waals surface area (Å²) in [5, 5.41) is 2.98. The highest BCUT2D eigenvalue weighted by Crippen LogP contribution is 2.28. The number of nitrogens with zero attached hydrogens (tertiary/aromatic N) is 2. The number of carbonyl (C=O) groups excluding carboxylic acids is 1. The molecule has 1 N–H and O–H groups in total. The molecule has 1 aliphatic rings. The molecule has 0 aromatic heterocycles. The Labute approximate surface area is 133 Å². The van der Waals surface area contributed by atoms with E-state index in [2.05, 4.69) is 35.0 Å². The second-order valence-corrected chi connectivity index (χ2v) is 6.13. The Bertz CT molecular complexity index is 483. The van der Waals surface area contributed by atoms with Crippen LogP contribution in [0.1, 0.15) is 13.8 Å². The molecule has 0 spiro atoms. The van der Waals surface area contributed by atoms with Crippen molar-refractivity contribution in [2.24, 2.45) is 5.92 Å². The van der Waals surface area contributed by atoms with Gasteiger partial charge in [-0.25, -0.2) is 0 Å². The minimum atomic E-state index is 0.124. The highest BCUT2D eigenvalue weighted by molar-refractivity contribution is 5.78. The third-order valence-corrected chi connectivity index (χ3v) is 3.87. The average molecular weight is 305 g/mol. The summed E-state index contributed by atoms with van der Waals surface area (Å²) in [6.07, 6.45) is 0. The van der Waals surface area contributed by atoms with Gasteiger partial charge >= 0.3 is 0 Å². The van der Waals surface area contributed by atoms with Gasteiger partial charge in [-0.15, -0.1) is 0 Å². The van der Waals surface area contributed by atoms with Gasteiger partial charge in [0.05, 0.1) is 19.3 Å². The van der Waals surface area contributed by atoms with Gasteiger partial charge in [0.25, 0.3) is 0 Å². The molecule has 2 rings (SSSR count). The first-order valence-corrected chi connectivity index (χ1v) is 7.97. The highest BCUT2D eigenvalue weighted by Gasteiger charge is 2.20. The summed E-state index contributed by atoms with van der Waals surface area (Å²) >= 11 is 0. The molecule has 122 valence electrons. The Balaban J connectivity index is 1.81. The van der Waals surface area contributed by atoms with Crippen LogP contribution < -0.4 is 15.0 Å². The molecule has 5 nitrogen and oxygen atoms in total. The number of anilines is 1. The summed E-state index contributed by atoms with van der Waals surface area (Å²) in [5.74, 6) is 1.52. The number of hydrogen-bond donors (Lipinski definition) is 1. The van der Waals surface area contributed by atoms with Crippen LogP contribution in [0.15, 0.2) is 24.3 Å². The Morgan fingerprint density at radius 3 is 2.55 bits per heavy atom. The van der Waals surface area contributed by atoms with Crippen LogP contribution in [0.3, 0.4) is 0 Å². The maximum Gasteiger partial charge on any atom is 0.234 e. The van der Waals surface area contributed by atoms with Gasteiger partial charge in [0.1, 0.15) is 5.75 Å². The second kappa shape index (κ2) is 8.03. The van der Waals surface area contributed by atoms with Crippen molar-refractivity contribution in [3.05, 3.63) is 24.3 Å². The van der Waals surface area contributed by atoms with Crippen molar-refractivity contribution in [2.75, 3.05) is 51.3 Å². The molecule has 0 aliphatic carbocycles. The van der Waals surface area contributed by atoms with Gasteiger partial charge in [-0.3, -0.25) is 9.69 Å². The molecule has 5 heteroatoms. The van der Waals surface area contributed by atoms with E-state index in [9.17, 15) is 4.79 Å². The lowest BCUT2D eigenvalue weighted by Gasteiger charge is -2.36. The standard InChI is InChI=1S/C17H27N3O2/c1-14(2)12-18-17(21)13-19-8-10-20(11-9-19)15-6-4-5-7-16(15)22-3/h4-7,14H,8-13H2,1-3H3,(H,18,21). The van der Waals surface area contributed by atoms with E-state index >= 15 is 0 Å². The van der Waals surface area contributed by atoms with Crippen molar-refractivity contribution in [3.8, 4) is 5.75 Å². The zero-order valence-electron chi connectivity index (χ0n) is 13.8. The van der Waals surface area contributed by atoms with Gasteiger partial charge in [-0.1, -0.05) is 26.0 Å². The van der Waals surface area contributed by atoms with Crippen molar-refractivity contribution < 1.29 is 9.53 Å². The number of carbonyl (C=O) groups is 1. The number of nitrogens with one attached hydrogen (secondary N) is 1. The summed E-state index contributed by atoms with van der Waals surface area (Å²) in [6, 6.07) is 8.09. The Hall–Kier alpha value is -1.75. The molecule has 22 heavy (non-hydrogen) atoms. The molecule has 1 amide bonds. The van der Waals surface area contributed by atoms with Gasteiger partial charge in [-0.05, 0) is 18.1 Å². The van der Waals surface area contributed by atoms with Crippen LogP contribution in [-0.2, 0) is 4.79 Å². The normalized spacial score (nSPS) is 15.9. The number of methoxy groups -OCH3 is 1. The number of hydrogen-bond acceptors (Lipinski definition) is 4. The molecule has 1 aromatic carbocycles. The molecule has 1 saturated heterocycles. The molecule has 1 aromatic rings. The maximum absolute atomic E-state index is 11.9. The molecule has 0 saturated carbocycles. The predicted molar refractivity (Wildman–Crippen MR) is 89.5 cm³/mol. The second-order valence-electron chi connectivity index (χ2n) is 6.13. The highest BCUT2D eigenvalue weighted by atomic mass is 16.5. The van der Waals surface area contributed by atoms with Crippen LogP contribution in [0.4, 0.5) is 5.69 Å². The van der Waals surface area contributed by atoms with Gasteiger partial charge in [0.2, 0.25) is 5.91 Å². The van der Waals surface area contributed by atoms with Crippen LogP contribution in [-0.4, -0.2) is 57.2 Å². The summed E-state index contributed by atoms with van der Waals surface area (Å²) in [6.45, 7) is 9.07. The van der Waals surface area contributed by atoms with Gasteiger partial charge in [0.15, 0.2) is 0 Å². The molecule has 0 unspecified atom stereocenters. The van der Waals surface area contributed by atoms with Crippen LogP contribution in [0.5, 0.6) is 5.75 Å². The van der Waals surface area contributed by atoms with Crippen molar-refractivity contribution >= 4 is 11.6 Å². The molecule has 0 bridgehead atoms. The largest absolute Gasteiger partial charge is 0.495 e. The quantitative estimate of drug-likeness (QED) is 0.867. The fraction of sp³-hybridized carbons (Fsp3) is 0.588. The number of benzene rings is 1. The monoisotopic (exact) mass is 305 g/mol. The number of ether oxygens (including phenoxy) is 1. The topological polar surface area (TPSA) is 44.8 Å². The average Bonchev–Trinajstić information content (AvgIpc) is 2.53. The summed E-state index contributed by atoms with van der Waals surface area (Å²) < 4.78 is 5.42. The molecule has 0 radical (unpaired) electrons. The zero-order valence-corrected chi connectivity index (χ0v) is 13.8. The predicted octanol–water partition coefficient (Wildman–Crippen LogP) is 1.59. The van der Waals surface area contributed by atoms with Gasteiger partial charge in [-0.2, -0.15) is 0 Å². The lowest BCUT2D eigenvalue weighted by Crippen LogP contribution is -2.49. The van der Waals surface area contributed by atoms with E-state index in [1.54, 1.807) is 7.11 Å². The van der Waals surface area contributed by atoms with Crippen molar-refractivity contribution in [2.45, 2.75) is 13.8 Å². The molecule has 1 aliphatic heterocycles. The van der Waals surface area contributed by atoms with E-state index in [-0.39, 0.29) is 5.91 Å². The molecular formula is C17H27N3O2. The fourth-order valence-electron chi connectivity index (χ4n) is 2.61. The van der Waals surface area contributed by atoms with Crippen LogP contribution >= 0.6 is 0 Å². The molecule has 0 atom stereocenters. The van der Waals surface area contributed by atoms with Gasteiger partial charge in [0, 0.05) is 32.7 Å². The van der Waals surface area contributed by atoms with Crippen molar-refractivity contribution in [1.82, 2.24) is 10.2 Å². The first-order chi connectivity index (χ1) is 10.6. The summed E-state index contributed by atoms with van der Waals surface area (Å²) in [4.78, 5) is 16.4. The minimum absolute atomic E-state index is 0.124. The van der Waals surface area contributed by atoms with E-state index in [1.807, 2.05) is 18.2 Å². The van der Waals surface area contributed by atoms with Crippen LogP contribution in [0.25, 0.3) is 0 Å². The Kier molecular flexibility index (Phi) is 6.07. The lowest BCUT2D eigenvalue weighted by atomic mass is 10.2. The SMILES string of the molecule is COc1ccccc1N1CCN(CC(=O)NCC(C)C)CC1. The minimum Gasteiger partial charge on any atom is -0.495 e. The Morgan fingerprint density at radius 1 is 1.23 bits per heavy atom. The smallest absolute Gasteiger partial charge is 0.234 e. The van der Waals surface area contributed by atoms with Crippen molar-refractivity contribution in [1.29, 1.82) is 0 Å². The third kappa shape index (κ3) is 4.63. The first-order valence-electron chi connectivity index (χ1n) is 7.97. The molecule has 1 fully saturated rings. The summed E-state index contributed by atoms with van der Waals surface area (Å²) in [5.41, 5.74) is 1.13. The maximum atomic E-state index is 11.9. The molecule has 1 heterocycles. The number of piperazine rings is 1. The van der Waals surface area contributed by atoms with E-state index in [0.717, 1.165) is 44.2 Å². The van der Waals surface area contributed by atoms with E-state index in [4.69, 9.17) is 4.74 Å². The third-order valence-electron chi connectivity index (χ3n) is 3.87. The summed E-state index contributed by atoms with van der Waals surface area (Å²) in [7, 11) is 1.70. The van der Waals surface area contributed by atoms with E-state index < -0.39 is 0 Å². The molecular weight excluding hydrogens is 278 g/mol. The zero-order chi connectivity index (χ0) is 15.9. The van der Waals surface area contributed by atoms with Crippen LogP contribution in [0.2, 0.25) is 0 Å². The van der Waals surface area contributed by atoms with Crippen molar-refractivity contribution in [3.63, 3.8) is 0 Å². The number of amides is 1. The Morgan fingerprint density at radius 2 is 1.91 bits per heavy atom. The van der Waals surface area contributed by atoms with E-state index in [1.165, 1.54) is 0 Å². The first kappa shape index (κ1) is 16.6. The fourth-order valence-corrected chi connectivity index (χ4v) is 2.61. The number of rotatable bonds is 6. The lowest BCUT2D eigenvalue weighted by molar-refractivity contribution is -0.122. The van der Waals surface area contributed by atoms with Crippen LogP contribution in [0, 0.1) is 5.92 Å². The van der Waals surface area contributed by atoms with E-state index in [0.29, 0.717) is 12.5 Å². The van der Waals surface area contributed by atoms with Gasteiger partial charge < -0.3 is 15.0 Å².